The van der Waals surface area contributed by atoms with E-state index < -0.39 is 41.4 Å². The molecular formula is C89H163F4NO39S2. The maximum absolute atomic E-state index is 13.6. The standard InChI is InChI=1S/C89H163F4NO39S2/c90-83-81-84(91)88(93)89(87(83)92)133-86(96)5-8-97-10-12-99-14-16-101-18-20-103-22-24-105-26-28-107-30-32-109-34-36-111-38-40-113-42-44-115-46-48-117-50-52-119-54-56-121-58-60-123-62-64-125-66-68-127-70-72-129-74-76-131-78-79-132-77-75-130-73-71-128-69-67-126-65-63-124-61-59-122-57-55-120-53-51-118-49-47-116-45-43-114-41-39-112-37-35-110-33-31-108-29-27-106-25-23-104-21-19-102-17-15-100-13-11-98-9-7-94-85(95)4-2-1-3-82-6-80-134-135-82/h81-82H,1-80H2,(H,94,95). The Morgan fingerprint density at radius 3 is 0.578 bits per heavy atom. The zero-order valence-corrected chi connectivity index (χ0v) is 81.6. The first kappa shape index (κ1) is 128. The minimum absolute atomic E-state index is 0.0159. The van der Waals surface area contributed by atoms with Crippen molar-refractivity contribution in [1.29, 1.82) is 0 Å². The Hall–Kier alpha value is -2.86. The van der Waals surface area contributed by atoms with Gasteiger partial charge in [-0.1, -0.05) is 28.0 Å². The Kier molecular flexibility index (Phi) is 104. The predicted molar refractivity (Wildman–Crippen MR) is 486 cm³/mol. The lowest BCUT2D eigenvalue weighted by atomic mass is 10.1. The van der Waals surface area contributed by atoms with Crippen molar-refractivity contribution in [1.82, 2.24) is 5.32 Å². The first-order valence-electron chi connectivity index (χ1n) is 47.3. The number of rotatable bonds is 117. The number of unbranched alkanes of at least 4 members (excludes halogenated alkanes) is 1. The van der Waals surface area contributed by atoms with Crippen molar-refractivity contribution in [3.63, 3.8) is 0 Å². The van der Waals surface area contributed by atoms with Gasteiger partial charge in [-0.3, -0.25) is 9.59 Å². The maximum atomic E-state index is 13.6. The van der Waals surface area contributed by atoms with Gasteiger partial charge in [0.1, 0.15) is 0 Å². The summed E-state index contributed by atoms with van der Waals surface area (Å²) in [6.07, 6.45) is 4.76. The van der Waals surface area contributed by atoms with Crippen LogP contribution in [-0.4, -0.2) is 505 Å². The number of carbonyl (C=O) groups is 2. The fourth-order valence-electron chi connectivity index (χ4n) is 10.3. The first-order chi connectivity index (χ1) is 66.9. The second-order valence-electron chi connectivity index (χ2n) is 28.0. The van der Waals surface area contributed by atoms with Crippen LogP contribution >= 0.6 is 21.6 Å². The molecule has 0 aromatic heterocycles. The molecule has 2 rings (SSSR count). The van der Waals surface area contributed by atoms with E-state index in [2.05, 4.69) is 10.1 Å². The number of esters is 1. The average molecular weight is 2010 g/mol. The minimum atomic E-state index is -1.80. The highest BCUT2D eigenvalue weighted by Crippen LogP contribution is 2.40. The normalized spacial score (nSPS) is 12.9. The Morgan fingerprint density at radius 1 is 0.237 bits per heavy atom. The van der Waals surface area contributed by atoms with Gasteiger partial charge in [0.2, 0.25) is 23.3 Å². The first-order valence-corrected chi connectivity index (χ1v) is 49.6. The number of amides is 1. The van der Waals surface area contributed by atoms with E-state index in [1.807, 2.05) is 21.6 Å². The van der Waals surface area contributed by atoms with Crippen molar-refractivity contribution in [2.24, 2.45) is 0 Å². The van der Waals surface area contributed by atoms with Crippen molar-refractivity contribution < 1.29 is 202 Å². The highest BCUT2D eigenvalue weighted by atomic mass is 33.1. The van der Waals surface area contributed by atoms with Crippen LogP contribution in [0.1, 0.15) is 38.5 Å². The molecule has 0 saturated carbocycles. The Morgan fingerprint density at radius 2 is 0.407 bits per heavy atom. The van der Waals surface area contributed by atoms with E-state index in [1.54, 1.807) is 0 Å². The highest BCUT2D eigenvalue weighted by molar-refractivity contribution is 8.77. The summed E-state index contributed by atoms with van der Waals surface area (Å²) < 4.78 is 257. The molecule has 0 bridgehead atoms. The SMILES string of the molecule is O=C(CCCCC1CCSS1)NCCOCCOCCOCCOCCOCCOCCOCCOCCOCCOCCOCCOCCOCCOCCOCCOCCOCCOCCOCCOCCOCCOCCOCCOCCOCCOCCOCCOCCOCCOCCOCCOCCOCCOCCOCCOCCC(=O)Oc1c(F)c(F)cc(F)c1F. The van der Waals surface area contributed by atoms with Crippen molar-refractivity contribution in [2.75, 3.05) is 488 Å². The van der Waals surface area contributed by atoms with Gasteiger partial charge >= 0.3 is 5.97 Å². The molecule has 46 heteroatoms. The lowest BCUT2D eigenvalue weighted by Gasteiger charge is -2.09. The van der Waals surface area contributed by atoms with Crippen molar-refractivity contribution in [3.05, 3.63) is 29.3 Å². The molecule has 1 fully saturated rings. The van der Waals surface area contributed by atoms with Gasteiger partial charge < -0.3 is 181 Å². The number of halogens is 4. The molecule has 0 radical (unpaired) electrons. The van der Waals surface area contributed by atoms with Crippen molar-refractivity contribution in [2.45, 2.75) is 43.8 Å². The predicted octanol–water partition coefficient (Wildman–Crippen LogP) is 4.97. The summed E-state index contributed by atoms with van der Waals surface area (Å²) in [4.78, 5) is 23.7. The Labute approximate surface area is 804 Å². The van der Waals surface area contributed by atoms with Crippen LogP contribution in [0.5, 0.6) is 5.75 Å². The third-order valence-corrected chi connectivity index (χ3v) is 20.2. The number of ether oxygens (including phenoxy) is 37. The zero-order valence-electron chi connectivity index (χ0n) is 80.0. The molecule has 1 N–H and O–H groups in total. The zero-order chi connectivity index (χ0) is 96.2. The van der Waals surface area contributed by atoms with Crippen LogP contribution in [0.4, 0.5) is 17.6 Å². The van der Waals surface area contributed by atoms with Gasteiger partial charge in [0.25, 0.3) is 0 Å². The number of benzene rings is 1. The Bertz CT molecular complexity index is 2500. The monoisotopic (exact) mass is 2010 g/mol. The van der Waals surface area contributed by atoms with Crippen LogP contribution in [0.25, 0.3) is 0 Å². The van der Waals surface area contributed by atoms with Gasteiger partial charge in [0, 0.05) is 30.0 Å². The van der Waals surface area contributed by atoms with Gasteiger partial charge in [0.15, 0.2) is 11.6 Å². The van der Waals surface area contributed by atoms with Crippen LogP contribution in [-0.2, 0) is 180 Å². The number of hydrogen-bond donors (Lipinski definition) is 1. The van der Waals surface area contributed by atoms with Gasteiger partial charge in [-0.2, -0.15) is 8.78 Å². The lowest BCUT2D eigenvalue weighted by molar-refractivity contribution is -0.136. The third-order valence-electron chi connectivity index (χ3n) is 17.2. The maximum Gasteiger partial charge on any atom is 0.313 e. The molecular weight excluding hydrogens is 1850 g/mol. The molecule has 1 aromatic carbocycles. The van der Waals surface area contributed by atoms with E-state index >= 15 is 0 Å². The second kappa shape index (κ2) is 110. The molecule has 1 amide bonds. The van der Waals surface area contributed by atoms with Crippen LogP contribution in [0.15, 0.2) is 6.07 Å². The van der Waals surface area contributed by atoms with Crippen LogP contribution in [0.3, 0.4) is 0 Å². The van der Waals surface area contributed by atoms with Crippen LogP contribution < -0.4 is 10.1 Å². The molecule has 40 nitrogen and oxygen atoms in total. The van der Waals surface area contributed by atoms with E-state index in [-0.39, 0.29) is 38.4 Å². The van der Waals surface area contributed by atoms with E-state index in [0.717, 1.165) is 18.1 Å². The molecule has 1 aliphatic heterocycles. The van der Waals surface area contributed by atoms with Crippen LogP contribution in [0.2, 0.25) is 0 Å². The molecule has 1 atom stereocenters. The Balaban J connectivity index is 1.08. The van der Waals surface area contributed by atoms with E-state index in [4.69, 9.17) is 171 Å². The van der Waals surface area contributed by atoms with Crippen molar-refractivity contribution >= 4 is 33.5 Å². The molecule has 0 spiro atoms. The smallest absolute Gasteiger partial charge is 0.313 e. The summed E-state index contributed by atoms with van der Waals surface area (Å²) in [6.45, 7) is 32.1. The number of nitrogens with one attached hydrogen (secondary N) is 1. The second-order valence-corrected chi connectivity index (χ2v) is 30.8. The molecule has 0 aliphatic carbocycles. The summed E-state index contributed by atoms with van der Waals surface area (Å²) in [5, 5.41) is 3.69. The quantitative estimate of drug-likeness (QED) is 0.0225. The summed E-state index contributed by atoms with van der Waals surface area (Å²) in [5.41, 5.74) is 0. The van der Waals surface area contributed by atoms with E-state index in [9.17, 15) is 27.2 Å². The number of hydrogen-bond acceptors (Lipinski definition) is 41. The molecule has 798 valence electrons. The third kappa shape index (κ3) is 98.3. The number of carbonyl (C=O) groups excluding carboxylic acids is 2. The van der Waals surface area contributed by atoms with Gasteiger partial charge in [-0.25, -0.2) is 8.78 Å². The molecule has 135 heavy (non-hydrogen) atoms. The van der Waals surface area contributed by atoms with Gasteiger partial charge in [0.05, 0.1) is 482 Å². The minimum Gasteiger partial charge on any atom is -0.420 e. The summed E-state index contributed by atoms with van der Waals surface area (Å²) >= 11 is 0. The van der Waals surface area contributed by atoms with Crippen LogP contribution in [0, 0.1) is 23.3 Å². The lowest BCUT2D eigenvalue weighted by Crippen LogP contribution is -2.27. The average Bonchev–Trinajstić information content (AvgIpc) is 0.883. The molecule has 1 unspecified atom stereocenters. The molecule has 1 saturated heterocycles. The summed E-state index contributed by atoms with van der Waals surface area (Å²) in [6, 6.07) is 0.0159. The van der Waals surface area contributed by atoms with Crippen molar-refractivity contribution in [3.8, 4) is 5.75 Å². The molecule has 1 aliphatic rings. The fraction of sp³-hybridized carbons (Fsp3) is 0.910. The van der Waals surface area contributed by atoms with Gasteiger partial charge in [-0.05, 0) is 19.3 Å². The topological polar surface area (TPSA) is 388 Å². The molecule has 1 heterocycles. The summed E-state index contributed by atoms with van der Waals surface area (Å²) in [7, 11) is 3.96. The van der Waals surface area contributed by atoms with Gasteiger partial charge in [-0.15, -0.1) is 0 Å². The fourth-order valence-corrected chi connectivity index (χ4v) is 13.4. The highest BCUT2D eigenvalue weighted by Gasteiger charge is 2.23. The largest absolute Gasteiger partial charge is 0.420 e. The van der Waals surface area contributed by atoms with E-state index in [0.29, 0.717) is 462 Å². The summed E-state index contributed by atoms with van der Waals surface area (Å²) in [5.74, 6) is -8.17. The van der Waals surface area contributed by atoms with E-state index in [1.165, 1.54) is 18.6 Å². The molecule has 1 aromatic rings.